The zero-order chi connectivity index (χ0) is 19.3. The van der Waals surface area contributed by atoms with Gasteiger partial charge in [-0.1, -0.05) is 48.5 Å². The molecule has 5 heteroatoms. The van der Waals surface area contributed by atoms with Crippen LogP contribution in [0.2, 0.25) is 0 Å². The number of benzene rings is 3. The summed E-state index contributed by atoms with van der Waals surface area (Å²) in [6, 6.07) is 21.8. The molecular formula is C23H25N3O2. The number of fused-ring (bicyclic) bond motifs is 1. The third-order valence-electron chi connectivity index (χ3n) is 5.13. The van der Waals surface area contributed by atoms with Gasteiger partial charge in [0.25, 0.3) is 5.91 Å². The Kier molecular flexibility index (Phi) is 5.44. The summed E-state index contributed by atoms with van der Waals surface area (Å²) in [5.41, 5.74) is 1.90. The molecule has 0 saturated carbocycles. The van der Waals surface area contributed by atoms with Crippen LogP contribution in [0.4, 0.5) is 11.4 Å². The second-order valence-electron chi connectivity index (χ2n) is 7.12. The number of hydrogen-bond donors (Lipinski definition) is 1. The Morgan fingerprint density at radius 3 is 2.50 bits per heavy atom. The summed E-state index contributed by atoms with van der Waals surface area (Å²) in [5.74, 6) is 0.565. The SMILES string of the molecule is CN1CCN(c2ccccc2NC(=O)COc2cccc3ccccc23)CC1. The lowest BCUT2D eigenvalue weighted by molar-refractivity contribution is -0.118. The van der Waals surface area contributed by atoms with Crippen molar-refractivity contribution in [1.29, 1.82) is 0 Å². The monoisotopic (exact) mass is 375 g/mol. The van der Waals surface area contributed by atoms with Gasteiger partial charge in [-0.2, -0.15) is 0 Å². The molecule has 1 saturated heterocycles. The van der Waals surface area contributed by atoms with Crippen LogP contribution in [0, 0.1) is 0 Å². The molecule has 1 heterocycles. The van der Waals surface area contributed by atoms with E-state index < -0.39 is 0 Å². The summed E-state index contributed by atoms with van der Waals surface area (Å²) in [6.07, 6.45) is 0. The fraction of sp³-hybridized carbons (Fsp3) is 0.261. The van der Waals surface area contributed by atoms with E-state index in [4.69, 9.17) is 4.74 Å². The highest BCUT2D eigenvalue weighted by molar-refractivity contribution is 5.96. The third kappa shape index (κ3) is 4.10. The molecule has 1 aliphatic heterocycles. The highest BCUT2D eigenvalue weighted by atomic mass is 16.5. The van der Waals surface area contributed by atoms with E-state index in [1.807, 2.05) is 60.7 Å². The largest absolute Gasteiger partial charge is 0.483 e. The van der Waals surface area contributed by atoms with Gasteiger partial charge in [-0.05, 0) is 30.6 Å². The molecule has 0 atom stereocenters. The van der Waals surface area contributed by atoms with Gasteiger partial charge in [0.1, 0.15) is 5.75 Å². The molecule has 1 amide bonds. The van der Waals surface area contributed by atoms with Crippen molar-refractivity contribution in [3.8, 4) is 5.75 Å². The molecule has 0 aromatic heterocycles. The summed E-state index contributed by atoms with van der Waals surface area (Å²) in [4.78, 5) is 17.2. The summed E-state index contributed by atoms with van der Waals surface area (Å²) >= 11 is 0. The van der Waals surface area contributed by atoms with Crippen molar-refractivity contribution in [2.45, 2.75) is 0 Å². The van der Waals surface area contributed by atoms with Gasteiger partial charge in [0.2, 0.25) is 0 Å². The third-order valence-corrected chi connectivity index (χ3v) is 5.13. The van der Waals surface area contributed by atoms with Gasteiger partial charge < -0.3 is 19.9 Å². The molecular weight excluding hydrogens is 350 g/mol. The maximum absolute atomic E-state index is 12.5. The van der Waals surface area contributed by atoms with Gasteiger partial charge in [-0.3, -0.25) is 4.79 Å². The molecule has 0 unspecified atom stereocenters. The van der Waals surface area contributed by atoms with Crippen LogP contribution >= 0.6 is 0 Å². The van der Waals surface area contributed by atoms with Gasteiger partial charge in [0.15, 0.2) is 6.61 Å². The Hall–Kier alpha value is -3.05. The molecule has 3 aromatic carbocycles. The predicted octanol–water partition coefficient (Wildman–Crippen LogP) is 3.61. The number of amides is 1. The van der Waals surface area contributed by atoms with Crippen LogP contribution in [0.25, 0.3) is 10.8 Å². The van der Waals surface area contributed by atoms with E-state index in [9.17, 15) is 4.79 Å². The minimum atomic E-state index is -0.158. The van der Waals surface area contributed by atoms with Crippen molar-refractivity contribution >= 4 is 28.1 Å². The molecule has 1 fully saturated rings. The standard InChI is InChI=1S/C23H25N3O2/c1-25-13-15-26(16-14-25)21-11-5-4-10-20(21)24-23(27)17-28-22-12-6-8-18-7-2-3-9-19(18)22/h2-12H,13-17H2,1H3,(H,24,27). The fourth-order valence-electron chi connectivity index (χ4n) is 3.55. The van der Waals surface area contributed by atoms with Crippen molar-refractivity contribution in [3.05, 3.63) is 66.7 Å². The number of rotatable bonds is 5. The lowest BCUT2D eigenvalue weighted by Gasteiger charge is -2.35. The minimum Gasteiger partial charge on any atom is -0.483 e. The number of likely N-dealkylation sites (N-methyl/N-ethyl adjacent to an activating group) is 1. The summed E-state index contributed by atoms with van der Waals surface area (Å²) < 4.78 is 5.82. The molecule has 28 heavy (non-hydrogen) atoms. The number of ether oxygens (including phenoxy) is 1. The molecule has 1 N–H and O–H groups in total. The van der Waals surface area contributed by atoms with Crippen molar-refractivity contribution in [2.75, 3.05) is 50.1 Å². The maximum Gasteiger partial charge on any atom is 0.262 e. The Morgan fingerprint density at radius 1 is 0.929 bits per heavy atom. The smallest absolute Gasteiger partial charge is 0.262 e. The van der Waals surface area contributed by atoms with E-state index in [0.29, 0.717) is 0 Å². The van der Waals surface area contributed by atoms with E-state index in [0.717, 1.165) is 54.1 Å². The van der Waals surface area contributed by atoms with Crippen molar-refractivity contribution in [1.82, 2.24) is 4.90 Å². The highest BCUT2D eigenvalue weighted by Gasteiger charge is 2.17. The lowest BCUT2D eigenvalue weighted by atomic mass is 10.1. The molecule has 0 bridgehead atoms. The molecule has 5 nitrogen and oxygen atoms in total. The van der Waals surface area contributed by atoms with Crippen molar-refractivity contribution < 1.29 is 9.53 Å². The zero-order valence-corrected chi connectivity index (χ0v) is 16.1. The number of nitrogens with one attached hydrogen (secondary N) is 1. The summed E-state index contributed by atoms with van der Waals surface area (Å²) in [5, 5.41) is 5.13. The van der Waals surface area contributed by atoms with Crippen molar-refractivity contribution in [3.63, 3.8) is 0 Å². The molecule has 144 valence electrons. The quantitative estimate of drug-likeness (QED) is 0.740. The Balaban J connectivity index is 1.43. The zero-order valence-electron chi connectivity index (χ0n) is 16.1. The Labute approximate surface area is 165 Å². The molecule has 1 aliphatic rings. The number of hydrogen-bond acceptors (Lipinski definition) is 4. The van der Waals surface area contributed by atoms with Crippen LogP contribution in [0.1, 0.15) is 0 Å². The highest BCUT2D eigenvalue weighted by Crippen LogP contribution is 2.27. The normalized spacial score (nSPS) is 14.8. The maximum atomic E-state index is 12.5. The topological polar surface area (TPSA) is 44.8 Å². The first kappa shape index (κ1) is 18.3. The predicted molar refractivity (Wildman–Crippen MR) is 114 cm³/mol. The number of carbonyl (C=O) groups is 1. The van der Waals surface area contributed by atoms with E-state index >= 15 is 0 Å². The number of anilines is 2. The van der Waals surface area contributed by atoms with Crippen LogP contribution in [-0.2, 0) is 4.79 Å². The second-order valence-corrected chi connectivity index (χ2v) is 7.12. The van der Waals surface area contributed by atoms with E-state index in [1.165, 1.54) is 0 Å². The summed E-state index contributed by atoms with van der Waals surface area (Å²) in [6.45, 7) is 3.93. The van der Waals surface area contributed by atoms with Gasteiger partial charge in [-0.25, -0.2) is 0 Å². The van der Waals surface area contributed by atoms with E-state index in [2.05, 4.69) is 28.2 Å². The molecule has 3 aromatic rings. The number of para-hydroxylation sites is 2. The van der Waals surface area contributed by atoms with Crippen LogP contribution in [0.15, 0.2) is 66.7 Å². The number of piperazine rings is 1. The van der Waals surface area contributed by atoms with Crippen LogP contribution in [-0.4, -0.2) is 50.6 Å². The fourth-order valence-corrected chi connectivity index (χ4v) is 3.55. The lowest BCUT2D eigenvalue weighted by Crippen LogP contribution is -2.44. The Bertz CT molecular complexity index is 959. The molecule has 0 radical (unpaired) electrons. The minimum absolute atomic E-state index is 0.0227. The average Bonchev–Trinajstić information content (AvgIpc) is 2.73. The van der Waals surface area contributed by atoms with Crippen LogP contribution < -0.4 is 15.0 Å². The Morgan fingerprint density at radius 2 is 1.64 bits per heavy atom. The van der Waals surface area contributed by atoms with Gasteiger partial charge in [-0.15, -0.1) is 0 Å². The van der Waals surface area contributed by atoms with E-state index in [-0.39, 0.29) is 12.5 Å². The summed E-state index contributed by atoms with van der Waals surface area (Å²) in [7, 11) is 2.13. The van der Waals surface area contributed by atoms with Gasteiger partial charge >= 0.3 is 0 Å². The average molecular weight is 375 g/mol. The molecule has 0 spiro atoms. The molecule has 4 rings (SSSR count). The second kappa shape index (κ2) is 8.31. The van der Waals surface area contributed by atoms with Crippen LogP contribution in [0.3, 0.4) is 0 Å². The number of nitrogens with zero attached hydrogens (tertiary/aromatic N) is 2. The first-order chi connectivity index (χ1) is 13.7. The first-order valence-corrected chi connectivity index (χ1v) is 9.63. The number of carbonyl (C=O) groups excluding carboxylic acids is 1. The first-order valence-electron chi connectivity index (χ1n) is 9.63. The van der Waals surface area contributed by atoms with Gasteiger partial charge in [0, 0.05) is 31.6 Å². The van der Waals surface area contributed by atoms with Gasteiger partial charge in [0.05, 0.1) is 11.4 Å². The molecule has 0 aliphatic carbocycles. The van der Waals surface area contributed by atoms with Crippen molar-refractivity contribution in [2.24, 2.45) is 0 Å². The van der Waals surface area contributed by atoms with Crippen LogP contribution in [0.5, 0.6) is 5.75 Å². The van der Waals surface area contributed by atoms with E-state index in [1.54, 1.807) is 0 Å².